The van der Waals surface area contributed by atoms with Gasteiger partial charge in [-0.1, -0.05) is 0 Å². The molecule has 4 fully saturated rings. The lowest BCUT2D eigenvalue weighted by Gasteiger charge is -2.56. The van der Waals surface area contributed by atoms with Gasteiger partial charge in [-0.15, -0.1) is 0 Å². The molecule has 0 spiro atoms. The highest BCUT2D eigenvalue weighted by atomic mass is 15.1. The lowest BCUT2D eigenvalue weighted by molar-refractivity contribution is -0.00838. The number of nitrogens with two attached hydrogens (primary N) is 1. The van der Waals surface area contributed by atoms with Crippen molar-refractivity contribution in [2.45, 2.75) is 43.9 Å². The number of hydrogen-bond acceptors (Lipinski definition) is 2. The monoisotopic (exact) mass is 231 g/mol. The average molecular weight is 231 g/mol. The smallest absolute Gasteiger partial charge is 0.200 e. The normalized spacial score (nSPS) is 43.2. The van der Waals surface area contributed by atoms with E-state index in [-0.39, 0.29) is 0 Å². The fourth-order valence-electron chi connectivity index (χ4n) is 5.34. The number of nitrogens with zero attached hydrogens (tertiary/aromatic N) is 2. The quantitative estimate of drug-likeness (QED) is 0.807. The predicted molar refractivity (Wildman–Crippen MR) is 67.5 cm³/mol. The Bertz CT molecular complexity index is 425. The van der Waals surface area contributed by atoms with E-state index < -0.39 is 0 Å². The Hall–Kier alpha value is -0.990. The second-order valence-electron chi connectivity index (χ2n) is 6.76. The summed E-state index contributed by atoms with van der Waals surface area (Å²) in [5, 5.41) is 0. The Morgan fingerprint density at radius 1 is 1.18 bits per heavy atom. The molecule has 4 aliphatic rings. The van der Waals surface area contributed by atoms with Crippen LogP contribution in [-0.4, -0.2) is 9.55 Å². The molecule has 0 amide bonds. The van der Waals surface area contributed by atoms with Gasteiger partial charge in [0.2, 0.25) is 0 Å². The van der Waals surface area contributed by atoms with Crippen LogP contribution < -0.4 is 5.73 Å². The summed E-state index contributed by atoms with van der Waals surface area (Å²) in [6, 6.07) is 0. The molecule has 0 aromatic carbocycles. The Morgan fingerprint density at radius 2 is 1.71 bits per heavy atom. The summed E-state index contributed by atoms with van der Waals surface area (Å²) in [7, 11) is 2.08. The molecule has 92 valence electrons. The highest BCUT2D eigenvalue weighted by Gasteiger charge is 2.52. The molecule has 5 rings (SSSR count). The topological polar surface area (TPSA) is 43.8 Å². The van der Waals surface area contributed by atoms with Gasteiger partial charge in [-0.05, 0) is 56.3 Å². The van der Waals surface area contributed by atoms with E-state index in [0.29, 0.717) is 11.4 Å². The minimum Gasteiger partial charge on any atom is -0.369 e. The van der Waals surface area contributed by atoms with E-state index in [1.165, 1.54) is 44.2 Å². The standard InChI is InChI=1S/C14H21N3/c1-17-12(8-16-13(17)15)14-5-9-2-10(6-14)4-11(3-9)7-14/h8-11H,2-7H2,1H3,(H2,15,16). The van der Waals surface area contributed by atoms with Crippen molar-refractivity contribution in [1.29, 1.82) is 0 Å². The average Bonchev–Trinajstić information content (AvgIpc) is 2.58. The van der Waals surface area contributed by atoms with Crippen LogP contribution in [0.3, 0.4) is 0 Å². The number of nitrogen functional groups attached to an aromatic ring is 1. The van der Waals surface area contributed by atoms with Gasteiger partial charge < -0.3 is 10.3 Å². The first-order valence-electron chi connectivity index (χ1n) is 6.94. The van der Waals surface area contributed by atoms with Crippen molar-refractivity contribution in [2.75, 3.05) is 5.73 Å². The van der Waals surface area contributed by atoms with E-state index >= 15 is 0 Å². The van der Waals surface area contributed by atoms with Crippen LogP contribution in [0.15, 0.2) is 6.20 Å². The minimum atomic E-state index is 0.425. The first-order valence-corrected chi connectivity index (χ1v) is 6.94. The van der Waals surface area contributed by atoms with Gasteiger partial charge in [0.1, 0.15) is 0 Å². The van der Waals surface area contributed by atoms with Crippen LogP contribution in [0.4, 0.5) is 5.95 Å². The van der Waals surface area contributed by atoms with Gasteiger partial charge in [0.25, 0.3) is 0 Å². The van der Waals surface area contributed by atoms with Gasteiger partial charge in [-0.3, -0.25) is 0 Å². The summed E-state index contributed by atoms with van der Waals surface area (Å²) in [5.74, 6) is 3.63. The lowest BCUT2D eigenvalue weighted by Crippen LogP contribution is -2.49. The molecule has 0 unspecified atom stereocenters. The fourth-order valence-corrected chi connectivity index (χ4v) is 5.34. The van der Waals surface area contributed by atoms with E-state index in [9.17, 15) is 0 Å². The highest BCUT2D eigenvalue weighted by Crippen LogP contribution is 2.60. The van der Waals surface area contributed by atoms with E-state index in [0.717, 1.165) is 17.8 Å². The molecule has 1 aromatic heterocycles. The molecule has 2 N–H and O–H groups in total. The van der Waals surface area contributed by atoms with Crippen LogP contribution in [0, 0.1) is 17.8 Å². The summed E-state index contributed by atoms with van der Waals surface area (Å²) in [5.41, 5.74) is 7.75. The molecule has 0 saturated heterocycles. The minimum absolute atomic E-state index is 0.425. The predicted octanol–water partition coefficient (Wildman–Crippen LogP) is 2.47. The number of imidazole rings is 1. The lowest BCUT2D eigenvalue weighted by atomic mass is 9.49. The van der Waals surface area contributed by atoms with Crippen molar-refractivity contribution < 1.29 is 0 Å². The fraction of sp³-hybridized carbons (Fsp3) is 0.786. The summed E-state index contributed by atoms with van der Waals surface area (Å²) >= 11 is 0. The number of anilines is 1. The summed E-state index contributed by atoms with van der Waals surface area (Å²) < 4.78 is 2.13. The Balaban J connectivity index is 1.80. The van der Waals surface area contributed by atoms with E-state index in [1.807, 2.05) is 6.20 Å². The third-order valence-electron chi connectivity index (χ3n) is 5.61. The largest absolute Gasteiger partial charge is 0.369 e. The highest BCUT2D eigenvalue weighted by molar-refractivity contribution is 5.30. The molecular formula is C14H21N3. The number of hydrogen-bond donors (Lipinski definition) is 1. The van der Waals surface area contributed by atoms with E-state index in [4.69, 9.17) is 5.73 Å². The summed E-state index contributed by atoms with van der Waals surface area (Å²) in [6.07, 6.45) is 10.7. The van der Waals surface area contributed by atoms with Crippen LogP contribution in [0.25, 0.3) is 0 Å². The molecule has 3 heteroatoms. The van der Waals surface area contributed by atoms with Crippen LogP contribution in [0.2, 0.25) is 0 Å². The molecule has 1 heterocycles. The maximum Gasteiger partial charge on any atom is 0.200 e. The molecule has 0 radical (unpaired) electrons. The van der Waals surface area contributed by atoms with Crippen LogP contribution in [0.5, 0.6) is 0 Å². The molecule has 4 bridgehead atoms. The molecular weight excluding hydrogens is 210 g/mol. The molecule has 0 atom stereocenters. The van der Waals surface area contributed by atoms with Gasteiger partial charge >= 0.3 is 0 Å². The van der Waals surface area contributed by atoms with Crippen molar-refractivity contribution in [1.82, 2.24) is 9.55 Å². The zero-order valence-corrected chi connectivity index (χ0v) is 10.5. The van der Waals surface area contributed by atoms with Gasteiger partial charge in [-0.2, -0.15) is 0 Å². The zero-order valence-electron chi connectivity index (χ0n) is 10.5. The second-order valence-corrected chi connectivity index (χ2v) is 6.76. The van der Waals surface area contributed by atoms with E-state index in [2.05, 4.69) is 16.6 Å². The number of rotatable bonds is 1. The molecule has 4 saturated carbocycles. The summed E-state index contributed by atoms with van der Waals surface area (Å²) in [4.78, 5) is 4.31. The first-order chi connectivity index (χ1) is 8.16. The molecule has 0 aliphatic heterocycles. The second kappa shape index (κ2) is 3.06. The van der Waals surface area contributed by atoms with Gasteiger partial charge in [0.05, 0.1) is 6.20 Å². The Kier molecular flexibility index (Phi) is 1.80. The van der Waals surface area contributed by atoms with E-state index in [1.54, 1.807) is 0 Å². The van der Waals surface area contributed by atoms with Crippen molar-refractivity contribution >= 4 is 5.95 Å². The maximum absolute atomic E-state index is 5.91. The molecule has 1 aromatic rings. The van der Waals surface area contributed by atoms with Gasteiger partial charge in [0.15, 0.2) is 5.95 Å². The molecule has 3 nitrogen and oxygen atoms in total. The third kappa shape index (κ3) is 1.25. The SMILES string of the molecule is Cn1c(C23CC4CC(CC(C4)C2)C3)cnc1N. The third-order valence-corrected chi connectivity index (χ3v) is 5.61. The molecule has 17 heavy (non-hydrogen) atoms. The maximum atomic E-state index is 5.91. The number of aromatic nitrogens is 2. The van der Waals surface area contributed by atoms with Crippen molar-refractivity contribution in [3.05, 3.63) is 11.9 Å². The van der Waals surface area contributed by atoms with Gasteiger partial charge in [0, 0.05) is 18.2 Å². The van der Waals surface area contributed by atoms with Gasteiger partial charge in [-0.25, -0.2) is 4.98 Å². The van der Waals surface area contributed by atoms with Crippen LogP contribution in [-0.2, 0) is 12.5 Å². The van der Waals surface area contributed by atoms with Crippen molar-refractivity contribution in [3.8, 4) is 0 Å². The Labute approximate surface area is 102 Å². The first kappa shape index (κ1) is 9.98. The molecule has 4 aliphatic carbocycles. The van der Waals surface area contributed by atoms with Crippen molar-refractivity contribution in [2.24, 2.45) is 24.8 Å². The zero-order chi connectivity index (χ0) is 11.6. The van der Waals surface area contributed by atoms with Crippen molar-refractivity contribution in [3.63, 3.8) is 0 Å². The van der Waals surface area contributed by atoms with Crippen LogP contribution in [0.1, 0.15) is 44.2 Å². The summed E-state index contributed by atoms with van der Waals surface area (Å²) in [6.45, 7) is 0. The Morgan fingerprint density at radius 3 is 2.12 bits per heavy atom. The van der Waals surface area contributed by atoms with Crippen LogP contribution >= 0.6 is 0 Å².